The summed E-state index contributed by atoms with van der Waals surface area (Å²) in [6, 6.07) is 20.3. The van der Waals surface area contributed by atoms with Crippen molar-refractivity contribution in [1.82, 2.24) is 29.5 Å². The molecule has 244 valence electrons. The van der Waals surface area contributed by atoms with E-state index in [0.717, 1.165) is 16.8 Å². The van der Waals surface area contributed by atoms with Gasteiger partial charge < -0.3 is 19.5 Å². The van der Waals surface area contributed by atoms with E-state index < -0.39 is 0 Å². The molecule has 0 fully saturated rings. The van der Waals surface area contributed by atoms with Crippen LogP contribution in [0.3, 0.4) is 0 Å². The minimum Gasteiger partial charge on any atom is -0.472 e. The third-order valence-corrected chi connectivity index (χ3v) is 8.84. The Balaban J connectivity index is 1.06. The van der Waals surface area contributed by atoms with E-state index >= 15 is 0 Å². The molecule has 2 N–H and O–H groups in total. The van der Waals surface area contributed by atoms with E-state index in [9.17, 15) is 9.59 Å². The van der Waals surface area contributed by atoms with Crippen molar-refractivity contribution in [3.05, 3.63) is 92.1 Å². The molecule has 48 heavy (non-hydrogen) atoms. The summed E-state index contributed by atoms with van der Waals surface area (Å²) in [5, 5.41) is 24.2. The molecule has 0 saturated carbocycles. The quantitative estimate of drug-likeness (QED) is 0.126. The summed E-state index contributed by atoms with van der Waals surface area (Å²) in [4.78, 5) is 25.3. The first-order valence-corrected chi connectivity index (χ1v) is 16.8. The summed E-state index contributed by atoms with van der Waals surface area (Å²) in [6.07, 6.45) is 6.41. The second-order valence-electron chi connectivity index (χ2n) is 11.5. The van der Waals surface area contributed by atoms with Crippen LogP contribution in [0.4, 0.5) is 11.4 Å². The fourth-order valence-electron chi connectivity index (χ4n) is 4.78. The Morgan fingerprint density at radius 1 is 0.792 bits per heavy atom. The van der Waals surface area contributed by atoms with Crippen LogP contribution in [0.2, 0.25) is 0 Å². The second-order valence-corrected chi connectivity index (χ2v) is 13.4. The van der Waals surface area contributed by atoms with Gasteiger partial charge in [-0.2, -0.15) is 0 Å². The molecule has 0 unspecified atom stereocenters. The molecule has 14 heteroatoms. The highest BCUT2D eigenvalue weighted by atomic mass is 32.2. The number of nitrogens with one attached hydrogen (secondary N) is 2. The fraction of sp³-hybridized carbons (Fsp3) is 0.176. The normalized spacial score (nSPS) is 11.4. The molecular weight excluding hydrogens is 649 g/mol. The van der Waals surface area contributed by atoms with Crippen LogP contribution in [0.5, 0.6) is 0 Å². The third kappa shape index (κ3) is 7.45. The molecule has 0 aliphatic heterocycles. The predicted octanol–water partition coefficient (Wildman–Crippen LogP) is 7.37. The number of benzene rings is 2. The highest BCUT2D eigenvalue weighted by Gasteiger charge is 2.25. The molecular formula is C34H32N8O4S2. The Labute approximate surface area is 285 Å². The molecule has 0 radical (unpaired) electrons. The lowest BCUT2D eigenvalue weighted by molar-refractivity contribution is -0.114. The number of thioether (sulfide) groups is 2. The van der Waals surface area contributed by atoms with Gasteiger partial charge in [-0.15, -0.1) is 20.4 Å². The zero-order valence-corrected chi connectivity index (χ0v) is 28.0. The number of furan rings is 2. The van der Waals surface area contributed by atoms with Crippen LogP contribution in [0.25, 0.3) is 40.3 Å². The molecule has 0 aliphatic rings. The first-order chi connectivity index (χ1) is 23.2. The minimum atomic E-state index is -0.306. The first-order valence-electron chi connectivity index (χ1n) is 14.8. The van der Waals surface area contributed by atoms with E-state index in [1.165, 1.54) is 23.5 Å². The number of nitrogens with zero attached hydrogens (tertiary/aromatic N) is 6. The Morgan fingerprint density at radius 2 is 1.44 bits per heavy atom. The van der Waals surface area contributed by atoms with Crippen molar-refractivity contribution in [2.75, 3.05) is 22.1 Å². The van der Waals surface area contributed by atoms with E-state index in [4.69, 9.17) is 8.83 Å². The fourth-order valence-corrected chi connectivity index (χ4v) is 6.43. The van der Waals surface area contributed by atoms with Gasteiger partial charge in [-0.05, 0) is 69.3 Å². The van der Waals surface area contributed by atoms with Crippen molar-refractivity contribution in [1.29, 1.82) is 0 Å². The number of carbonyl (C=O) groups excluding carboxylic acids is 2. The minimum absolute atomic E-state index is 0.152. The molecule has 0 saturated heterocycles. The van der Waals surface area contributed by atoms with Gasteiger partial charge in [-0.1, -0.05) is 48.3 Å². The molecule has 6 aromatic rings. The van der Waals surface area contributed by atoms with Gasteiger partial charge in [0.1, 0.15) is 18.3 Å². The van der Waals surface area contributed by atoms with Gasteiger partial charge in [-0.25, -0.2) is 0 Å². The number of rotatable bonds is 12. The molecule has 2 amide bonds. The van der Waals surface area contributed by atoms with Crippen LogP contribution in [0.1, 0.15) is 20.8 Å². The zero-order chi connectivity index (χ0) is 33.7. The maximum Gasteiger partial charge on any atom is 0.234 e. The maximum atomic E-state index is 12.9. The van der Waals surface area contributed by atoms with Crippen molar-refractivity contribution in [2.45, 2.75) is 36.6 Å². The summed E-state index contributed by atoms with van der Waals surface area (Å²) < 4.78 is 14.8. The third-order valence-electron chi connectivity index (χ3n) is 6.96. The lowest BCUT2D eigenvalue weighted by Crippen LogP contribution is -2.24. The van der Waals surface area contributed by atoms with Gasteiger partial charge >= 0.3 is 0 Å². The maximum absolute atomic E-state index is 12.9. The molecule has 0 spiro atoms. The Bertz CT molecular complexity index is 2020. The van der Waals surface area contributed by atoms with E-state index in [0.29, 0.717) is 39.0 Å². The number of amides is 2. The van der Waals surface area contributed by atoms with Gasteiger partial charge in [-0.3, -0.25) is 18.7 Å². The van der Waals surface area contributed by atoms with Crippen LogP contribution in [0, 0.1) is 0 Å². The smallest absolute Gasteiger partial charge is 0.234 e. The van der Waals surface area contributed by atoms with Crippen LogP contribution >= 0.6 is 23.5 Å². The van der Waals surface area contributed by atoms with Crippen LogP contribution in [-0.2, 0) is 15.1 Å². The number of hydrogen-bond acceptors (Lipinski definition) is 10. The monoisotopic (exact) mass is 680 g/mol. The number of anilines is 2. The van der Waals surface area contributed by atoms with Crippen molar-refractivity contribution in [3.63, 3.8) is 0 Å². The number of hydrogen-bond donors (Lipinski definition) is 2. The standard InChI is InChI=1S/C34H32N8O4S2/c1-5-41-30(37-39-32(41)47-20-28(43)35-25-9-7-6-8-10-25)24-17-27(46-19-24)22-11-13-26(14-12-22)36-29(44)21-48-33-40-38-31(23-15-16-45-18-23)42(33)34(2,3)4/h5-19H,1,20-21H2,2-4H3,(H,35,43)(H,36,44). The number of carbonyl (C=O) groups is 2. The van der Waals surface area contributed by atoms with Gasteiger partial charge in [0.25, 0.3) is 0 Å². The van der Waals surface area contributed by atoms with Crippen LogP contribution in [-0.4, -0.2) is 52.8 Å². The molecule has 4 aromatic heterocycles. The van der Waals surface area contributed by atoms with Crippen molar-refractivity contribution in [3.8, 4) is 34.1 Å². The van der Waals surface area contributed by atoms with Crippen LogP contribution < -0.4 is 10.6 Å². The molecule has 12 nitrogen and oxygen atoms in total. The van der Waals surface area contributed by atoms with E-state index in [1.54, 1.807) is 29.6 Å². The molecule has 0 aliphatic carbocycles. The Kier molecular flexibility index (Phi) is 9.64. The average molecular weight is 681 g/mol. The summed E-state index contributed by atoms with van der Waals surface area (Å²) in [6.45, 7) is 10.1. The highest BCUT2D eigenvalue weighted by Crippen LogP contribution is 2.32. The number of aromatic nitrogens is 6. The van der Waals surface area contributed by atoms with E-state index in [2.05, 4.69) is 58.4 Å². The topological polar surface area (TPSA) is 146 Å². The van der Waals surface area contributed by atoms with Crippen molar-refractivity contribution >= 4 is 52.9 Å². The lowest BCUT2D eigenvalue weighted by Gasteiger charge is -2.24. The lowest BCUT2D eigenvalue weighted by atomic mass is 10.1. The van der Waals surface area contributed by atoms with Gasteiger partial charge in [0.2, 0.25) is 11.8 Å². The van der Waals surface area contributed by atoms with Gasteiger partial charge in [0.05, 0.1) is 28.9 Å². The van der Waals surface area contributed by atoms with Gasteiger partial charge in [0, 0.05) is 28.7 Å². The SMILES string of the molecule is C=Cn1c(SCC(=O)Nc2ccccc2)nnc1-c1coc(-c2ccc(NC(=O)CSc3nnc(-c4ccoc4)n3C(C)(C)C)cc2)c1. The largest absolute Gasteiger partial charge is 0.472 e. The van der Waals surface area contributed by atoms with E-state index in [-0.39, 0.29) is 28.9 Å². The van der Waals surface area contributed by atoms with Crippen molar-refractivity contribution < 1.29 is 18.4 Å². The summed E-state index contributed by atoms with van der Waals surface area (Å²) in [5.74, 6) is 1.82. The molecule has 4 heterocycles. The van der Waals surface area contributed by atoms with Gasteiger partial charge in [0.15, 0.2) is 22.0 Å². The first kappa shape index (κ1) is 32.6. The summed E-state index contributed by atoms with van der Waals surface area (Å²) >= 11 is 2.58. The predicted molar refractivity (Wildman–Crippen MR) is 187 cm³/mol. The summed E-state index contributed by atoms with van der Waals surface area (Å²) in [5.41, 5.74) is 3.41. The van der Waals surface area contributed by atoms with Crippen LogP contribution in [0.15, 0.2) is 111 Å². The summed E-state index contributed by atoms with van der Waals surface area (Å²) in [7, 11) is 0. The molecule has 6 rings (SSSR count). The highest BCUT2D eigenvalue weighted by molar-refractivity contribution is 8.00. The Hall–Kier alpha value is -5.34. The Morgan fingerprint density at radius 3 is 2.08 bits per heavy atom. The van der Waals surface area contributed by atoms with E-state index in [1.807, 2.05) is 71.3 Å². The molecule has 0 atom stereocenters. The van der Waals surface area contributed by atoms with Crippen molar-refractivity contribution in [2.24, 2.45) is 0 Å². The molecule has 0 bridgehead atoms. The number of para-hydroxylation sites is 1. The average Bonchev–Trinajstić information content (AvgIpc) is 3.89. The second kappa shape index (κ2) is 14.2. The molecule has 2 aromatic carbocycles. The zero-order valence-electron chi connectivity index (χ0n) is 26.4.